The first-order chi connectivity index (χ1) is 7.29. The summed E-state index contributed by atoms with van der Waals surface area (Å²) in [6, 6.07) is 4.96. The summed E-state index contributed by atoms with van der Waals surface area (Å²) in [6.07, 6.45) is -0.0797. The molecule has 0 radical (unpaired) electrons. The van der Waals surface area contributed by atoms with E-state index in [0.29, 0.717) is 17.0 Å². The zero-order chi connectivity index (χ0) is 12.3. The lowest BCUT2D eigenvalue weighted by atomic mass is 10.2. The Morgan fingerprint density at radius 3 is 2.50 bits per heavy atom. The number of hydrogen-bond donors (Lipinski definition) is 2. The molecule has 5 nitrogen and oxygen atoms in total. The summed E-state index contributed by atoms with van der Waals surface area (Å²) in [5.74, 6) is 0.117. The minimum Gasteiger partial charge on any atom is -0.489 e. The summed E-state index contributed by atoms with van der Waals surface area (Å²) < 4.78 is 27.5. The number of ether oxygens (including phenoxy) is 1. The maximum atomic E-state index is 11.0. The largest absolute Gasteiger partial charge is 0.489 e. The molecule has 90 valence electrons. The zero-order valence-corrected chi connectivity index (χ0v) is 10.1. The Bertz CT molecular complexity index is 469. The molecular formula is C10H16N2O3S. The van der Waals surface area contributed by atoms with Gasteiger partial charge in [0.15, 0.2) is 0 Å². The molecule has 0 amide bonds. The van der Waals surface area contributed by atoms with Crippen molar-refractivity contribution in [2.45, 2.75) is 25.7 Å². The Balaban J connectivity index is 3.12. The van der Waals surface area contributed by atoms with Crippen molar-refractivity contribution in [2.24, 2.45) is 5.14 Å². The van der Waals surface area contributed by atoms with Crippen LogP contribution in [-0.4, -0.2) is 14.5 Å². The van der Waals surface area contributed by atoms with Crippen molar-refractivity contribution in [1.82, 2.24) is 0 Å². The van der Waals surface area contributed by atoms with E-state index in [2.05, 4.69) is 0 Å². The van der Waals surface area contributed by atoms with E-state index in [9.17, 15) is 8.42 Å². The Hall–Kier alpha value is -1.27. The third-order valence-corrected chi connectivity index (χ3v) is 2.55. The van der Waals surface area contributed by atoms with E-state index >= 15 is 0 Å². The zero-order valence-electron chi connectivity index (χ0n) is 9.30. The van der Waals surface area contributed by atoms with Gasteiger partial charge in [0.05, 0.1) is 17.5 Å². The van der Waals surface area contributed by atoms with Gasteiger partial charge >= 0.3 is 0 Å². The van der Waals surface area contributed by atoms with Crippen LogP contribution in [-0.2, 0) is 15.8 Å². The smallest absolute Gasteiger partial charge is 0.213 e. The molecule has 4 N–H and O–H groups in total. The molecule has 6 heteroatoms. The van der Waals surface area contributed by atoms with Crippen LogP contribution in [0.1, 0.15) is 19.4 Å². The number of nitrogens with two attached hydrogens (primary N) is 2. The fraction of sp³-hybridized carbons (Fsp3) is 0.400. The molecule has 0 spiro atoms. The molecule has 0 saturated heterocycles. The Kier molecular flexibility index (Phi) is 3.77. The van der Waals surface area contributed by atoms with E-state index in [4.69, 9.17) is 15.6 Å². The van der Waals surface area contributed by atoms with Crippen molar-refractivity contribution < 1.29 is 13.2 Å². The molecule has 16 heavy (non-hydrogen) atoms. The molecule has 1 rings (SSSR count). The lowest BCUT2D eigenvalue weighted by Gasteiger charge is -2.15. The number of anilines is 1. The quantitative estimate of drug-likeness (QED) is 0.767. The first-order valence-corrected chi connectivity index (χ1v) is 6.55. The maximum absolute atomic E-state index is 11.0. The van der Waals surface area contributed by atoms with Gasteiger partial charge in [-0.05, 0) is 19.9 Å². The number of nitrogen functional groups attached to an aromatic ring is 1. The predicted molar refractivity (Wildman–Crippen MR) is 63.4 cm³/mol. The second kappa shape index (κ2) is 4.71. The van der Waals surface area contributed by atoms with E-state index in [1.54, 1.807) is 18.2 Å². The van der Waals surface area contributed by atoms with Gasteiger partial charge in [-0.15, -0.1) is 0 Å². The minimum atomic E-state index is -3.59. The monoisotopic (exact) mass is 244 g/mol. The summed E-state index contributed by atoms with van der Waals surface area (Å²) in [4.78, 5) is 0. The summed E-state index contributed by atoms with van der Waals surface area (Å²) >= 11 is 0. The lowest BCUT2D eigenvalue weighted by Crippen LogP contribution is -2.17. The van der Waals surface area contributed by atoms with Gasteiger partial charge in [0.2, 0.25) is 10.0 Å². The van der Waals surface area contributed by atoms with Gasteiger partial charge in [0, 0.05) is 5.56 Å². The highest BCUT2D eigenvalue weighted by Crippen LogP contribution is 2.28. The summed E-state index contributed by atoms with van der Waals surface area (Å²) in [5, 5.41) is 4.99. The molecule has 1 aromatic rings. The first-order valence-electron chi connectivity index (χ1n) is 4.84. The van der Waals surface area contributed by atoms with Crippen LogP contribution >= 0.6 is 0 Å². The van der Waals surface area contributed by atoms with Crippen LogP contribution < -0.4 is 15.6 Å². The Morgan fingerprint density at radius 2 is 2.00 bits per heavy atom. The van der Waals surface area contributed by atoms with Gasteiger partial charge in [-0.1, -0.05) is 12.1 Å². The highest BCUT2D eigenvalue weighted by molar-refractivity contribution is 7.88. The van der Waals surface area contributed by atoms with Gasteiger partial charge in [-0.2, -0.15) is 0 Å². The van der Waals surface area contributed by atoms with E-state index in [1.807, 2.05) is 13.8 Å². The van der Waals surface area contributed by atoms with E-state index in [1.165, 1.54) is 0 Å². The average Bonchev–Trinajstić information content (AvgIpc) is 2.08. The standard InChI is InChI=1S/C10H16N2O3S/c1-7(2)15-10-8(6-16(12,13)14)4-3-5-9(10)11/h3-5,7H,6,11H2,1-2H3,(H2,12,13,14). The molecule has 0 bridgehead atoms. The van der Waals surface area contributed by atoms with Crippen molar-refractivity contribution in [3.63, 3.8) is 0 Å². The molecule has 0 aliphatic rings. The molecule has 0 unspecified atom stereocenters. The molecule has 0 fully saturated rings. The number of hydrogen-bond acceptors (Lipinski definition) is 4. The SMILES string of the molecule is CC(C)Oc1c(N)cccc1CS(N)(=O)=O. The molecule has 0 aliphatic heterocycles. The minimum absolute atomic E-state index is 0.0797. The first kappa shape index (κ1) is 12.8. The normalized spacial score (nSPS) is 11.8. The third-order valence-electron chi connectivity index (χ3n) is 1.84. The summed E-state index contributed by atoms with van der Waals surface area (Å²) in [5.41, 5.74) is 6.62. The van der Waals surface area contributed by atoms with Crippen LogP contribution in [0.4, 0.5) is 5.69 Å². The molecular weight excluding hydrogens is 228 g/mol. The van der Waals surface area contributed by atoms with Crippen LogP contribution in [0.5, 0.6) is 5.75 Å². The second-order valence-electron chi connectivity index (χ2n) is 3.81. The third kappa shape index (κ3) is 3.71. The van der Waals surface area contributed by atoms with Gasteiger partial charge < -0.3 is 10.5 Å². The molecule has 0 saturated carbocycles. The molecule has 0 heterocycles. The Morgan fingerprint density at radius 1 is 1.38 bits per heavy atom. The predicted octanol–water partition coefficient (Wildman–Crippen LogP) is 0.845. The van der Waals surface area contributed by atoms with Gasteiger partial charge in [-0.25, -0.2) is 13.6 Å². The van der Waals surface area contributed by atoms with Crippen LogP contribution in [0, 0.1) is 0 Å². The number of primary sulfonamides is 1. The Labute approximate surface area is 95.4 Å². The fourth-order valence-electron chi connectivity index (χ4n) is 1.31. The van der Waals surface area contributed by atoms with Crippen LogP contribution in [0.2, 0.25) is 0 Å². The summed E-state index contributed by atoms with van der Waals surface area (Å²) in [6.45, 7) is 3.68. The second-order valence-corrected chi connectivity index (χ2v) is 5.42. The van der Waals surface area contributed by atoms with E-state index < -0.39 is 10.0 Å². The van der Waals surface area contributed by atoms with E-state index in [-0.39, 0.29) is 11.9 Å². The molecule has 0 atom stereocenters. The van der Waals surface area contributed by atoms with Crippen LogP contribution in [0.25, 0.3) is 0 Å². The molecule has 0 aliphatic carbocycles. The van der Waals surface area contributed by atoms with Gasteiger partial charge in [0.25, 0.3) is 0 Å². The van der Waals surface area contributed by atoms with Crippen molar-refractivity contribution in [3.8, 4) is 5.75 Å². The molecule has 1 aromatic carbocycles. The van der Waals surface area contributed by atoms with Gasteiger partial charge in [-0.3, -0.25) is 0 Å². The highest BCUT2D eigenvalue weighted by Gasteiger charge is 2.14. The number of rotatable bonds is 4. The number of benzene rings is 1. The maximum Gasteiger partial charge on any atom is 0.213 e. The van der Waals surface area contributed by atoms with Crippen molar-refractivity contribution >= 4 is 15.7 Å². The van der Waals surface area contributed by atoms with E-state index in [0.717, 1.165) is 0 Å². The summed E-state index contributed by atoms with van der Waals surface area (Å²) in [7, 11) is -3.59. The molecule has 0 aromatic heterocycles. The van der Waals surface area contributed by atoms with Crippen LogP contribution in [0.15, 0.2) is 18.2 Å². The van der Waals surface area contributed by atoms with Crippen LogP contribution in [0.3, 0.4) is 0 Å². The fourth-order valence-corrected chi connectivity index (χ4v) is 1.98. The van der Waals surface area contributed by atoms with Gasteiger partial charge in [0.1, 0.15) is 5.75 Å². The van der Waals surface area contributed by atoms with Crippen molar-refractivity contribution in [3.05, 3.63) is 23.8 Å². The van der Waals surface area contributed by atoms with Crippen molar-refractivity contribution in [2.75, 3.05) is 5.73 Å². The average molecular weight is 244 g/mol. The highest BCUT2D eigenvalue weighted by atomic mass is 32.2. The topological polar surface area (TPSA) is 95.4 Å². The number of para-hydroxylation sites is 1. The van der Waals surface area contributed by atoms with Crippen molar-refractivity contribution in [1.29, 1.82) is 0 Å². The number of sulfonamides is 1. The lowest BCUT2D eigenvalue weighted by molar-refractivity contribution is 0.242.